The lowest BCUT2D eigenvalue weighted by atomic mass is 9.87. The number of sulfonamides is 1. The van der Waals surface area contributed by atoms with Gasteiger partial charge in [-0.1, -0.05) is 6.42 Å². The molecule has 1 atom stereocenters. The van der Waals surface area contributed by atoms with Crippen molar-refractivity contribution < 1.29 is 18.3 Å². The SMILES string of the molecule is O=C(O)CC(NS(=O)(=O)CC1CCC1)c1nccs1. The molecule has 0 spiro atoms. The quantitative estimate of drug-likeness (QED) is 0.793. The first-order valence-electron chi connectivity index (χ1n) is 6.07. The summed E-state index contributed by atoms with van der Waals surface area (Å²) in [6.45, 7) is 0. The molecule has 19 heavy (non-hydrogen) atoms. The molecule has 0 bridgehead atoms. The number of rotatable bonds is 7. The minimum absolute atomic E-state index is 0.0779. The summed E-state index contributed by atoms with van der Waals surface area (Å²) in [7, 11) is -3.46. The van der Waals surface area contributed by atoms with Gasteiger partial charge in [-0.15, -0.1) is 11.3 Å². The molecule has 0 radical (unpaired) electrons. The topological polar surface area (TPSA) is 96.4 Å². The number of carboxylic acid groups (broad SMARTS) is 1. The molecule has 0 aromatic carbocycles. The van der Waals surface area contributed by atoms with Gasteiger partial charge in [0, 0.05) is 11.6 Å². The zero-order valence-corrected chi connectivity index (χ0v) is 11.9. The lowest BCUT2D eigenvalue weighted by molar-refractivity contribution is -0.137. The first kappa shape index (κ1) is 14.4. The molecular formula is C11H16N2O4S2. The number of aliphatic carboxylic acids is 1. The Balaban J connectivity index is 2.04. The molecule has 0 amide bonds. The fraction of sp³-hybridized carbons (Fsp3) is 0.636. The third kappa shape index (κ3) is 4.26. The number of thiazole rings is 1. The molecule has 1 aliphatic rings. The van der Waals surface area contributed by atoms with Crippen molar-refractivity contribution in [3.8, 4) is 0 Å². The highest BCUT2D eigenvalue weighted by molar-refractivity contribution is 7.89. The monoisotopic (exact) mass is 304 g/mol. The van der Waals surface area contributed by atoms with Crippen molar-refractivity contribution >= 4 is 27.3 Å². The van der Waals surface area contributed by atoms with E-state index in [0.29, 0.717) is 5.01 Å². The number of carboxylic acids is 1. The van der Waals surface area contributed by atoms with Crippen molar-refractivity contribution in [2.24, 2.45) is 5.92 Å². The second-order valence-electron chi connectivity index (χ2n) is 4.72. The van der Waals surface area contributed by atoms with Gasteiger partial charge in [-0.25, -0.2) is 18.1 Å². The van der Waals surface area contributed by atoms with Crippen LogP contribution in [0.2, 0.25) is 0 Å². The number of carbonyl (C=O) groups is 1. The van der Waals surface area contributed by atoms with E-state index in [4.69, 9.17) is 5.11 Å². The maximum Gasteiger partial charge on any atom is 0.305 e. The Morgan fingerprint density at radius 2 is 2.32 bits per heavy atom. The van der Waals surface area contributed by atoms with Crippen LogP contribution in [-0.2, 0) is 14.8 Å². The molecule has 1 heterocycles. The normalized spacial score (nSPS) is 17.9. The van der Waals surface area contributed by atoms with Crippen LogP contribution in [-0.4, -0.2) is 30.2 Å². The summed E-state index contributed by atoms with van der Waals surface area (Å²) in [6.07, 6.45) is 4.18. The standard InChI is InChI=1S/C11H16N2O4S2/c14-10(15)6-9(11-12-4-5-18-11)13-19(16,17)7-8-2-1-3-8/h4-5,8-9,13H,1-3,6-7H2,(H,14,15). The summed E-state index contributed by atoms with van der Waals surface area (Å²) in [5.41, 5.74) is 0. The summed E-state index contributed by atoms with van der Waals surface area (Å²) in [4.78, 5) is 14.8. The number of hydrogen-bond acceptors (Lipinski definition) is 5. The van der Waals surface area contributed by atoms with Crippen molar-refractivity contribution in [1.82, 2.24) is 9.71 Å². The van der Waals surface area contributed by atoms with Crippen LogP contribution in [0.15, 0.2) is 11.6 Å². The largest absolute Gasteiger partial charge is 0.481 e. The van der Waals surface area contributed by atoms with E-state index >= 15 is 0 Å². The van der Waals surface area contributed by atoms with Crippen LogP contribution in [0.25, 0.3) is 0 Å². The Hall–Kier alpha value is -0.990. The minimum Gasteiger partial charge on any atom is -0.481 e. The van der Waals surface area contributed by atoms with Crippen LogP contribution < -0.4 is 4.72 Å². The molecule has 1 fully saturated rings. The van der Waals surface area contributed by atoms with Crippen LogP contribution in [0, 0.1) is 5.92 Å². The highest BCUT2D eigenvalue weighted by Crippen LogP contribution is 2.28. The Morgan fingerprint density at radius 3 is 2.79 bits per heavy atom. The van der Waals surface area contributed by atoms with Crippen LogP contribution in [0.4, 0.5) is 0 Å². The zero-order valence-electron chi connectivity index (χ0n) is 10.3. The summed E-state index contributed by atoms with van der Waals surface area (Å²) < 4.78 is 26.5. The van der Waals surface area contributed by atoms with Gasteiger partial charge in [-0.3, -0.25) is 4.79 Å². The van der Waals surface area contributed by atoms with Crippen molar-refractivity contribution in [2.75, 3.05) is 5.75 Å². The van der Waals surface area contributed by atoms with E-state index in [1.54, 1.807) is 5.38 Å². The van der Waals surface area contributed by atoms with Gasteiger partial charge in [-0.05, 0) is 18.8 Å². The second-order valence-corrected chi connectivity index (χ2v) is 7.44. The second kappa shape index (κ2) is 5.98. The highest BCUT2D eigenvalue weighted by Gasteiger charge is 2.28. The molecule has 1 saturated carbocycles. The number of hydrogen-bond donors (Lipinski definition) is 2. The van der Waals surface area contributed by atoms with Gasteiger partial charge in [0.25, 0.3) is 0 Å². The molecule has 6 nitrogen and oxygen atoms in total. The van der Waals surface area contributed by atoms with E-state index in [9.17, 15) is 13.2 Å². The van der Waals surface area contributed by atoms with Crippen LogP contribution >= 0.6 is 11.3 Å². The van der Waals surface area contributed by atoms with Crippen LogP contribution in [0.5, 0.6) is 0 Å². The van der Waals surface area contributed by atoms with E-state index in [-0.39, 0.29) is 18.1 Å². The van der Waals surface area contributed by atoms with Crippen molar-refractivity contribution in [2.45, 2.75) is 31.7 Å². The van der Waals surface area contributed by atoms with E-state index in [1.165, 1.54) is 17.5 Å². The predicted molar refractivity (Wildman–Crippen MR) is 71.4 cm³/mol. The molecule has 0 saturated heterocycles. The first-order valence-corrected chi connectivity index (χ1v) is 8.60. The Morgan fingerprint density at radius 1 is 1.58 bits per heavy atom. The Labute approximate surface area is 115 Å². The lowest BCUT2D eigenvalue weighted by Gasteiger charge is -2.26. The third-order valence-electron chi connectivity index (χ3n) is 3.13. The molecule has 1 aliphatic carbocycles. The third-order valence-corrected chi connectivity index (χ3v) is 5.57. The maximum atomic E-state index is 12.0. The van der Waals surface area contributed by atoms with Crippen molar-refractivity contribution in [3.05, 3.63) is 16.6 Å². The van der Waals surface area contributed by atoms with E-state index in [0.717, 1.165) is 19.3 Å². The van der Waals surface area contributed by atoms with Gasteiger partial charge >= 0.3 is 5.97 Å². The van der Waals surface area contributed by atoms with Gasteiger partial charge < -0.3 is 5.11 Å². The molecule has 106 valence electrons. The molecular weight excluding hydrogens is 288 g/mol. The lowest BCUT2D eigenvalue weighted by Crippen LogP contribution is -2.35. The minimum atomic E-state index is -3.46. The number of nitrogens with one attached hydrogen (secondary N) is 1. The van der Waals surface area contributed by atoms with Crippen molar-refractivity contribution in [1.29, 1.82) is 0 Å². The molecule has 8 heteroatoms. The maximum absolute atomic E-state index is 12.0. The van der Waals surface area contributed by atoms with Gasteiger partial charge in [-0.2, -0.15) is 0 Å². The summed E-state index contributed by atoms with van der Waals surface area (Å²) in [6, 6.07) is -0.775. The van der Waals surface area contributed by atoms with E-state index in [2.05, 4.69) is 9.71 Å². The highest BCUT2D eigenvalue weighted by atomic mass is 32.2. The molecule has 0 aliphatic heterocycles. The van der Waals surface area contributed by atoms with Crippen LogP contribution in [0.3, 0.4) is 0 Å². The molecule has 1 aromatic rings. The smallest absolute Gasteiger partial charge is 0.305 e. The van der Waals surface area contributed by atoms with Gasteiger partial charge in [0.1, 0.15) is 5.01 Å². The molecule has 1 aromatic heterocycles. The Kier molecular flexibility index (Phi) is 4.54. The van der Waals surface area contributed by atoms with Crippen molar-refractivity contribution in [3.63, 3.8) is 0 Å². The van der Waals surface area contributed by atoms with E-state index < -0.39 is 22.0 Å². The van der Waals surface area contributed by atoms with Crippen LogP contribution in [0.1, 0.15) is 36.7 Å². The average molecular weight is 304 g/mol. The summed E-state index contributed by atoms with van der Waals surface area (Å²) >= 11 is 1.25. The molecule has 1 unspecified atom stereocenters. The fourth-order valence-corrected chi connectivity index (χ4v) is 4.44. The molecule has 2 rings (SSSR count). The summed E-state index contributed by atoms with van der Waals surface area (Å²) in [5, 5.41) is 11.0. The van der Waals surface area contributed by atoms with E-state index in [1.807, 2.05) is 0 Å². The van der Waals surface area contributed by atoms with Gasteiger partial charge in [0.05, 0.1) is 18.2 Å². The first-order chi connectivity index (χ1) is 8.96. The zero-order chi connectivity index (χ0) is 13.9. The predicted octanol–water partition coefficient (Wildman–Crippen LogP) is 1.38. The van der Waals surface area contributed by atoms with Gasteiger partial charge in [0.2, 0.25) is 10.0 Å². The number of nitrogens with zero attached hydrogens (tertiary/aromatic N) is 1. The summed E-state index contributed by atoms with van der Waals surface area (Å²) in [5.74, 6) is -0.764. The average Bonchev–Trinajstić information content (AvgIpc) is 2.75. The molecule has 2 N–H and O–H groups in total. The fourth-order valence-electron chi connectivity index (χ4n) is 2.00. The Bertz CT molecular complexity index is 523. The van der Waals surface area contributed by atoms with Gasteiger partial charge in [0.15, 0.2) is 0 Å². The number of aromatic nitrogens is 1.